The van der Waals surface area contributed by atoms with Gasteiger partial charge in [0.2, 0.25) is 6.10 Å². The van der Waals surface area contributed by atoms with Crippen molar-refractivity contribution in [1.82, 2.24) is 0 Å². The highest BCUT2D eigenvalue weighted by molar-refractivity contribution is 5.81. The maximum atomic E-state index is 11.3. The average molecular weight is 216 g/mol. The molecule has 5 atom stereocenters. The number of fused-ring (bicyclic) bond motifs is 1. The van der Waals surface area contributed by atoms with E-state index >= 15 is 0 Å². The molecule has 2 N–H and O–H groups in total. The van der Waals surface area contributed by atoms with Gasteiger partial charge in [-0.2, -0.15) is 0 Å². The van der Waals surface area contributed by atoms with Gasteiger partial charge in [0.1, 0.15) is 12.2 Å². The van der Waals surface area contributed by atoms with Crippen LogP contribution in [0.15, 0.2) is 0 Å². The maximum Gasteiger partial charge on any atom is 0.348 e. The minimum Gasteiger partial charge on any atom is -0.456 e. The quantitative estimate of drug-likeness (QED) is 0.523. The molecule has 1 aliphatic carbocycles. The molecule has 84 valence electrons. The fraction of sp³-hybridized carbons (Fsp3) is 0.778. The molecule has 1 aliphatic heterocycles. The normalized spacial score (nSPS) is 43.7. The zero-order valence-corrected chi connectivity index (χ0v) is 8.12. The number of rotatable bonds is 1. The van der Waals surface area contributed by atoms with Gasteiger partial charge in [0.05, 0.1) is 6.10 Å². The fourth-order valence-electron chi connectivity index (χ4n) is 2.17. The molecule has 0 amide bonds. The lowest BCUT2D eigenvalue weighted by Gasteiger charge is -2.12. The van der Waals surface area contributed by atoms with Crippen molar-refractivity contribution in [2.45, 2.75) is 37.8 Å². The van der Waals surface area contributed by atoms with Gasteiger partial charge >= 0.3 is 11.9 Å². The molecule has 1 saturated carbocycles. The Hall–Kier alpha value is -1.14. The first-order valence-electron chi connectivity index (χ1n) is 4.74. The number of esters is 2. The molecule has 6 nitrogen and oxygen atoms in total. The molecule has 1 heterocycles. The van der Waals surface area contributed by atoms with Crippen LogP contribution in [0.2, 0.25) is 0 Å². The Morgan fingerprint density at radius 1 is 1.53 bits per heavy atom. The summed E-state index contributed by atoms with van der Waals surface area (Å²) >= 11 is 0. The Balaban J connectivity index is 2.13. The number of ether oxygens (including phenoxy) is 2. The van der Waals surface area contributed by atoms with Crippen molar-refractivity contribution in [2.75, 3.05) is 0 Å². The molecule has 0 aromatic heterocycles. The molecule has 1 saturated heterocycles. The van der Waals surface area contributed by atoms with E-state index in [1.807, 2.05) is 0 Å². The first kappa shape index (κ1) is 10.4. The second-order valence-electron chi connectivity index (χ2n) is 3.89. The largest absolute Gasteiger partial charge is 0.456 e. The lowest BCUT2D eigenvalue weighted by molar-refractivity contribution is -0.163. The van der Waals surface area contributed by atoms with E-state index in [9.17, 15) is 19.8 Å². The summed E-state index contributed by atoms with van der Waals surface area (Å²) in [6, 6.07) is 0. The highest BCUT2D eigenvalue weighted by Gasteiger charge is 2.56. The van der Waals surface area contributed by atoms with Gasteiger partial charge in [-0.1, -0.05) is 0 Å². The second kappa shape index (κ2) is 3.46. The van der Waals surface area contributed by atoms with Gasteiger partial charge in [-0.3, -0.25) is 4.79 Å². The highest BCUT2D eigenvalue weighted by Crippen LogP contribution is 2.38. The van der Waals surface area contributed by atoms with Crippen LogP contribution in [0.1, 0.15) is 13.3 Å². The van der Waals surface area contributed by atoms with Crippen LogP contribution in [-0.4, -0.2) is 46.6 Å². The molecule has 2 fully saturated rings. The van der Waals surface area contributed by atoms with Gasteiger partial charge in [0, 0.05) is 12.8 Å². The highest BCUT2D eigenvalue weighted by atomic mass is 16.6. The van der Waals surface area contributed by atoms with Crippen molar-refractivity contribution < 1.29 is 29.3 Å². The third-order valence-corrected chi connectivity index (χ3v) is 2.83. The van der Waals surface area contributed by atoms with E-state index in [1.54, 1.807) is 0 Å². The topological polar surface area (TPSA) is 93.1 Å². The number of hydrogen-bond acceptors (Lipinski definition) is 6. The third-order valence-electron chi connectivity index (χ3n) is 2.83. The van der Waals surface area contributed by atoms with Crippen LogP contribution in [0.25, 0.3) is 0 Å². The van der Waals surface area contributed by atoms with Crippen LogP contribution >= 0.6 is 0 Å². The van der Waals surface area contributed by atoms with Crippen LogP contribution in [-0.2, 0) is 19.1 Å². The molecule has 0 unspecified atom stereocenters. The van der Waals surface area contributed by atoms with Crippen LogP contribution in [0.3, 0.4) is 0 Å². The monoisotopic (exact) mass is 216 g/mol. The first-order chi connectivity index (χ1) is 7.00. The predicted molar refractivity (Wildman–Crippen MR) is 45.6 cm³/mol. The molecular formula is C9H12O6. The van der Waals surface area contributed by atoms with Gasteiger partial charge in [0.25, 0.3) is 0 Å². The summed E-state index contributed by atoms with van der Waals surface area (Å²) < 4.78 is 9.65. The minimum atomic E-state index is -1.08. The summed E-state index contributed by atoms with van der Waals surface area (Å²) in [6.45, 7) is 1.20. The van der Waals surface area contributed by atoms with Gasteiger partial charge < -0.3 is 19.7 Å². The lowest BCUT2D eigenvalue weighted by atomic mass is 10.0. The van der Waals surface area contributed by atoms with E-state index < -0.39 is 42.3 Å². The van der Waals surface area contributed by atoms with E-state index in [-0.39, 0.29) is 6.42 Å². The Kier molecular flexibility index (Phi) is 2.40. The zero-order chi connectivity index (χ0) is 11.2. The standard InChI is InChI=1S/C9H12O6/c1-3(10)14-8-4-2-5(11)6(12)7(4)15-9(8)13/h4-8,11-12H,2H2,1H3/t4-,5+,6-,7-,8+/m0/s1. The molecule has 2 aliphatic rings. The second-order valence-corrected chi connectivity index (χ2v) is 3.89. The first-order valence-corrected chi connectivity index (χ1v) is 4.74. The van der Waals surface area contributed by atoms with Crippen LogP contribution in [0.4, 0.5) is 0 Å². The molecule has 15 heavy (non-hydrogen) atoms. The molecule has 0 radical (unpaired) electrons. The molecule has 0 spiro atoms. The van der Waals surface area contributed by atoms with Crippen molar-refractivity contribution in [1.29, 1.82) is 0 Å². The molecule has 0 aromatic carbocycles. The third kappa shape index (κ3) is 1.59. The predicted octanol–water partition coefficient (Wildman–Crippen LogP) is -1.41. The average Bonchev–Trinajstić information content (AvgIpc) is 2.56. The molecule has 2 rings (SSSR count). The van der Waals surface area contributed by atoms with Crippen LogP contribution in [0, 0.1) is 5.92 Å². The summed E-state index contributed by atoms with van der Waals surface area (Å²) in [5, 5.41) is 18.8. The number of hydrogen-bond donors (Lipinski definition) is 2. The molecule has 6 heteroatoms. The van der Waals surface area contributed by atoms with Gasteiger partial charge in [-0.15, -0.1) is 0 Å². The number of aliphatic hydroxyl groups is 2. The molecular weight excluding hydrogens is 204 g/mol. The molecule has 0 bridgehead atoms. The van der Waals surface area contributed by atoms with Crippen LogP contribution in [0.5, 0.6) is 0 Å². The summed E-state index contributed by atoms with van der Waals surface area (Å²) in [7, 11) is 0. The summed E-state index contributed by atoms with van der Waals surface area (Å²) in [4.78, 5) is 22.0. The van der Waals surface area contributed by atoms with E-state index in [1.165, 1.54) is 6.92 Å². The summed E-state index contributed by atoms with van der Waals surface area (Å²) in [6.07, 6.45) is -3.54. The number of carbonyl (C=O) groups is 2. The van der Waals surface area contributed by atoms with Crippen molar-refractivity contribution in [3.05, 3.63) is 0 Å². The van der Waals surface area contributed by atoms with Gasteiger partial charge in [-0.05, 0) is 6.42 Å². The van der Waals surface area contributed by atoms with Crippen molar-refractivity contribution in [3.8, 4) is 0 Å². The van der Waals surface area contributed by atoms with E-state index in [2.05, 4.69) is 0 Å². The fourth-order valence-corrected chi connectivity index (χ4v) is 2.17. The van der Waals surface area contributed by atoms with Crippen molar-refractivity contribution in [2.24, 2.45) is 5.92 Å². The van der Waals surface area contributed by atoms with E-state index in [0.29, 0.717) is 0 Å². The smallest absolute Gasteiger partial charge is 0.348 e. The van der Waals surface area contributed by atoms with Crippen LogP contribution < -0.4 is 0 Å². The van der Waals surface area contributed by atoms with Gasteiger partial charge in [-0.25, -0.2) is 4.79 Å². The summed E-state index contributed by atoms with van der Waals surface area (Å²) in [5.41, 5.74) is 0. The zero-order valence-electron chi connectivity index (χ0n) is 8.12. The Morgan fingerprint density at radius 3 is 2.80 bits per heavy atom. The van der Waals surface area contributed by atoms with Gasteiger partial charge in [0.15, 0.2) is 0 Å². The SMILES string of the molecule is CC(=O)O[C@H]1C(=O)O[C@@H]2[C@@H](O)[C@H](O)C[C@@H]21. The number of carbonyl (C=O) groups excluding carboxylic acids is 2. The van der Waals surface area contributed by atoms with Crippen molar-refractivity contribution >= 4 is 11.9 Å². The Morgan fingerprint density at radius 2 is 2.20 bits per heavy atom. The lowest BCUT2D eigenvalue weighted by Crippen LogP contribution is -2.30. The Bertz CT molecular complexity index is 301. The van der Waals surface area contributed by atoms with E-state index in [4.69, 9.17) is 9.47 Å². The Labute approximate surface area is 85.8 Å². The number of aliphatic hydroxyl groups excluding tert-OH is 2. The van der Waals surface area contributed by atoms with E-state index in [0.717, 1.165) is 0 Å². The summed E-state index contributed by atoms with van der Waals surface area (Å²) in [5.74, 6) is -1.66. The minimum absolute atomic E-state index is 0.204. The maximum absolute atomic E-state index is 11.3. The molecule has 0 aromatic rings. The van der Waals surface area contributed by atoms with Crippen molar-refractivity contribution in [3.63, 3.8) is 0 Å².